The van der Waals surface area contributed by atoms with Crippen LogP contribution in [0.3, 0.4) is 0 Å². The van der Waals surface area contributed by atoms with E-state index in [0.29, 0.717) is 6.54 Å². The molecule has 3 aromatic carbocycles. The minimum Gasteiger partial charge on any atom is -0.354 e. The van der Waals surface area contributed by atoms with E-state index >= 15 is 0 Å². The number of nitrogens with one attached hydrogen (secondary N) is 1. The summed E-state index contributed by atoms with van der Waals surface area (Å²) in [5.41, 5.74) is 1.59. The summed E-state index contributed by atoms with van der Waals surface area (Å²) >= 11 is 0. The lowest BCUT2D eigenvalue weighted by atomic mass is 10.0. The van der Waals surface area contributed by atoms with Crippen molar-refractivity contribution in [2.24, 2.45) is 0 Å². The molecule has 2 amide bonds. The average Bonchev–Trinajstić information content (AvgIpc) is 2.96. The van der Waals surface area contributed by atoms with Crippen LogP contribution in [-0.4, -0.2) is 50.5 Å². The molecule has 0 radical (unpaired) electrons. The highest BCUT2D eigenvalue weighted by atomic mass is 32.2. The molecule has 0 fully saturated rings. The summed E-state index contributed by atoms with van der Waals surface area (Å²) in [6.45, 7) is 4.36. The number of halogens is 3. The van der Waals surface area contributed by atoms with Crippen LogP contribution in [0.4, 0.5) is 18.9 Å². The van der Waals surface area contributed by atoms with Gasteiger partial charge in [-0.3, -0.25) is 13.9 Å². The number of sulfonamides is 1. The highest BCUT2D eigenvalue weighted by molar-refractivity contribution is 7.92. The number of hydrogen-bond donors (Lipinski definition) is 1. The third-order valence-electron chi connectivity index (χ3n) is 7.15. The van der Waals surface area contributed by atoms with Crippen LogP contribution in [0, 0.1) is 6.92 Å². The Morgan fingerprint density at radius 3 is 2.23 bits per heavy atom. The first-order chi connectivity index (χ1) is 20.8. The number of carbonyl (C=O) groups is 2. The summed E-state index contributed by atoms with van der Waals surface area (Å²) in [7, 11) is -3.96. The summed E-state index contributed by atoms with van der Waals surface area (Å²) in [6.07, 6.45) is -1.88. The van der Waals surface area contributed by atoms with Gasteiger partial charge in [0.15, 0.2) is 0 Å². The molecule has 0 heterocycles. The fraction of sp³-hybridized carbons (Fsp3) is 0.394. The highest BCUT2D eigenvalue weighted by Crippen LogP contribution is 2.32. The van der Waals surface area contributed by atoms with E-state index in [4.69, 9.17) is 0 Å². The Morgan fingerprint density at radius 2 is 1.59 bits per heavy atom. The number of nitrogens with zero attached hydrogens (tertiary/aromatic N) is 2. The molecular formula is C33H40F3N3O4S. The van der Waals surface area contributed by atoms with Crippen molar-refractivity contribution in [1.82, 2.24) is 10.2 Å². The van der Waals surface area contributed by atoms with Crippen molar-refractivity contribution in [3.05, 3.63) is 101 Å². The Labute approximate surface area is 258 Å². The second kappa shape index (κ2) is 15.7. The molecule has 0 bridgehead atoms. The van der Waals surface area contributed by atoms with Gasteiger partial charge in [0.1, 0.15) is 6.04 Å². The predicted octanol–water partition coefficient (Wildman–Crippen LogP) is 6.12. The molecule has 7 nitrogen and oxygen atoms in total. The highest BCUT2D eigenvalue weighted by Gasteiger charge is 2.32. The SMILES string of the molecule is CCCCNC(=O)[C@H](Cc1ccccc1)N(Cc1cccc(C)c1)C(=O)CCCN(c1cccc(C(F)(F)F)c1)S(C)(=O)=O. The van der Waals surface area contributed by atoms with Crippen LogP contribution < -0.4 is 9.62 Å². The Balaban J connectivity index is 1.89. The van der Waals surface area contributed by atoms with Crippen molar-refractivity contribution in [3.8, 4) is 0 Å². The first-order valence-corrected chi connectivity index (χ1v) is 16.5. The normalized spacial score (nSPS) is 12.4. The van der Waals surface area contributed by atoms with Crippen LogP contribution >= 0.6 is 0 Å². The Bertz CT molecular complexity index is 1500. The number of alkyl halides is 3. The van der Waals surface area contributed by atoms with Crippen LogP contribution in [0.2, 0.25) is 0 Å². The van der Waals surface area contributed by atoms with Crippen molar-refractivity contribution in [2.75, 3.05) is 23.7 Å². The summed E-state index contributed by atoms with van der Waals surface area (Å²) < 4.78 is 66.0. The number of aryl methyl sites for hydroxylation is 1. The molecule has 44 heavy (non-hydrogen) atoms. The molecule has 0 saturated carbocycles. The first kappa shape index (κ1) is 34.6. The molecule has 0 aliphatic heterocycles. The predicted molar refractivity (Wildman–Crippen MR) is 166 cm³/mol. The maximum absolute atomic E-state index is 13.9. The van der Waals surface area contributed by atoms with Gasteiger partial charge in [-0.05, 0) is 49.1 Å². The van der Waals surface area contributed by atoms with E-state index in [9.17, 15) is 31.2 Å². The van der Waals surface area contributed by atoms with Gasteiger partial charge in [-0.1, -0.05) is 79.6 Å². The minimum atomic E-state index is -4.64. The van der Waals surface area contributed by atoms with Gasteiger partial charge in [0.05, 0.1) is 17.5 Å². The van der Waals surface area contributed by atoms with E-state index in [-0.39, 0.29) is 49.9 Å². The van der Waals surface area contributed by atoms with E-state index in [1.807, 2.05) is 68.4 Å². The smallest absolute Gasteiger partial charge is 0.354 e. The summed E-state index contributed by atoms with van der Waals surface area (Å²) in [4.78, 5) is 29.0. The van der Waals surface area contributed by atoms with E-state index in [2.05, 4.69) is 5.32 Å². The van der Waals surface area contributed by atoms with Crippen LogP contribution in [0.25, 0.3) is 0 Å². The number of amides is 2. The fourth-order valence-corrected chi connectivity index (χ4v) is 5.87. The Hall–Kier alpha value is -3.86. The molecule has 0 aromatic heterocycles. The standard InChI is InChI=1S/C33H40F3N3O4S/c1-4-5-19-37-32(41)30(22-26-13-7-6-8-14-26)38(24-27-15-9-12-25(2)21-27)31(40)18-11-20-39(44(3,42)43)29-17-10-16-28(23-29)33(34,35)36/h6-10,12-17,21,23,30H,4-5,11,18-20,22,24H2,1-3H3,(H,37,41)/t30-/m0/s1. The first-order valence-electron chi connectivity index (χ1n) is 14.6. The quantitative estimate of drug-likeness (QED) is 0.205. The van der Waals surface area contributed by atoms with Crippen LogP contribution in [0.5, 0.6) is 0 Å². The second-order valence-electron chi connectivity index (χ2n) is 10.8. The number of hydrogen-bond acceptors (Lipinski definition) is 4. The maximum Gasteiger partial charge on any atom is 0.416 e. The van der Waals surface area contributed by atoms with E-state index in [1.54, 1.807) is 0 Å². The van der Waals surface area contributed by atoms with Crippen molar-refractivity contribution in [3.63, 3.8) is 0 Å². The van der Waals surface area contributed by atoms with Crippen LogP contribution in [-0.2, 0) is 38.8 Å². The molecule has 0 saturated heterocycles. The van der Waals surface area contributed by atoms with Gasteiger partial charge in [0.25, 0.3) is 0 Å². The molecule has 0 aliphatic rings. The van der Waals surface area contributed by atoms with Crippen molar-refractivity contribution < 1.29 is 31.2 Å². The van der Waals surface area contributed by atoms with Gasteiger partial charge in [-0.25, -0.2) is 8.42 Å². The molecule has 11 heteroatoms. The molecule has 0 spiro atoms. The summed E-state index contributed by atoms with van der Waals surface area (Å²) in [6, 6.07) is 20.2. The summed E-state index contributed by atoms with van der Waals surface area (Å²) in [5.74, 6) is -0.652. The fourth-order valence-electron chi connectivity index (χ4n) is 4.91. The summed E-state index contributed by atoms with van der Waals surface area (Å²) in [5, 5.41) is 2.96. The van der Waals surface area contributed by atoms with Crippen molar-refractivity contribution in [1.29, 1.82) is 0 Å². The third kappa shape index (κ3) is 10.4. The average molecular weight is 632 g/mol. The van der Waals surface area contributed by atoms with Gasteiger partial charge in [0.2, 0.25) is 21.8 Å². The minimum absolute atomic E-state index is 0.0297. The van der Waals surface area contributed by atoms with Gasteiger partial charge in [-0.2, -0.15) is 13.2 Å². The molecule has 1 atom stereocenters. The zero-order valence-corrected chi connectivity index (χ0v) is 26.1. The zero-order valence-electron chi connectivity index (χ0n) is 25.3. The molecular weight excluding hydrogens is 591 g/mol. The van der Waals surface area contributed by atoms with Crippen molar-refractivity contribution >= 4 is 27.5 Å². The number of unbranched alkanes of at least 4 members (excludes halogenated alkanes) is 1. The molecule has 3 aromatic rings. The Morgan fingerprint density at radius 1 is 0.909 bits per heavy atom. The van der Waals surface area contributed by atoms with Gasteiger partial charge < -0.3 is 10.2 Å². The largest absolute Gasteiger partial charge is 0.416 e. The lowest BCUT2D eigenvalue weighted by molar-refractivity contribution is -0.141. The molecule has 3 rings (SSSR count). The number of rotatable bonds is 15. The second-order valence-corrected chi connectivity index (χ2v) is 12.8. The molecule has 0 aliphatic carbocycles. The van der Waals surface area contributed by atoms with E-state index in [1.165, 1.54) is 11.0 Å². The number of anilines is 1. The monoisotopic (exact) mass is 631 g/mol. The van der Waals surface area contributed by atoms with Crippen molar-refractivity contribution in [2.45, 2.75) is 64.7 Å². The lowest BCUT2D eigenvalue weighted by Crippen LogP contribution is -2.50. The zero-order chi connectivity index (χ0) is 32.3. The number of carbonyl (C=O) groups excluding carboxylic acids is 2. The van der Waals surface area contributed by atoms with Gasteiger partial charge in [-0.15, -0.1) is 0 Å². The molecule has 0 unspecified atom stereocenters. The topological polar surface area (TPSA) is 86.8 Å². The number of benzene rings is 3. The van der Waals surface area contributed by atoms with E-state index < -0.39 is 27.8 Å². The third-order valence-corrected chi connectivity index (χ3v) is 8.34. The van der Waals surface area contributed by atoms with Gasteiger partial charge in [0, 0.05) is 32.5 Å². The van der Waals surface area contributed by atoms with Crippen LogP contribution in [0.15, 0.2) is 78.9 Å². The maximum atomic E-state index is 13.9. The molecule has 238 valence electrons. The molecule has 1 N–H and O–H groups in total. The Kier molecular flexibility index (Phi) is 12.4. The van der Waals surface area contributed by atoms with Crippen LogP contribution in [0.1, 0.15) is 54.9 Å². The van der Waals surface area contributed by atoms with Gasteiger partial charge >= 0.3 is 6.18 Å². The lowest BCUT2D eigenvalue weighted by Gasteiger charge is -2.32. The van der Waals surface area contributed by atoms with E-state index in [0.717, 1.165) is 58.3 Å².